The molecule has 0 radical (unpaired) electrons. The van der Waals surface area contributed by atoms with Crippen LogP contribution in [-0.4, -0.2) is 42.6 Å². The van der Waals surface area contributed by atoms with Gasteiger partial charge >= 0.3 is 6.09 Å². The van der Waals surface area contributed by atoms with Crippen LogP contribution < -0.4 is 5.32 Å². The smallest absolute Gasteiger partial charge is 0.409 e. The minimum atomic E-state index is -0.261. The van der Waals surface area contributed by atoms with E-state index in [9.17, 15) is 9.59 Å². The number of hydrogen-bond acceptors (Lipinski definition) is 3. The molecule has 5 heteroatoms. The number of amides is 2. The highest BCUT2D eigenvalue weighted by molar-refractivity contribution is 5.85. The number of rotatable bonds is 4. The third-order valence-electron chi connectivity index (χ3n) is 4.56. The maximum Gasteiger partial charge on any atom is 0.409 e. The van der Waals surface area contributed by atoms with Gasteiger partial charge in [0.2, 0.25) is 5.91 Å². The van der Waals surface area contributed by atoms with Gasteiger partial charge in [0.1, 0.15) is 0 Å². The molecule has 1 N–H and O–H groups in total. The lowest BCUT2D eigenvalue weighted by molar-refractivity contribution is -0.121. The Morgan fingerprint density at radius 2 is 1.84 bits per heavy atom. The van der Waals surface area contributed by atoms with E-state index >= 15 is 0 Å². The molecule has 1 fully saturated rings. The topological polar surface area (TPSA) is 58.6 Å². The van der Waals surface area contributed by atoms with Gasteiger partial charge in [-0.05, 0) is 36.1 Å². The third kappa shape index (κ3) is 4.50. The van der Waals surface area contributed by atoms with Gasteiger partial charge in [0.25, 0.3) is 0 Å². The van der Waals surface area contributed by atoms with Crippen LogP contribution in [0.4, 0.5) is 4.79 Å². The van der Waals surface area contributed by atoms with Gasteiger partial charge in [-0.3, -0.25) is 4.79 Å². The summed E-state index contributed by atoms with van der Waals surface area (Å²) in [5.41, 5.74) is 1.01. The summed E-state index contributed by atoms with van der Waals surface area (Å²) in [6.45, 7) is 3.44. The predicted octanol–water partition coefficient (Wildman–Crippen LogP) is 3.12. The molecule has 25 heavy (non-hydrogen) atoms. The number of ether oxygens (including phenoxy) is 1. The molecular formula is C20H24N2O3. The molecule has 0 aromatic heterocycles. The predicted molar refractivity (Wildman–Crippen MR) is 97.4 cm³/mol. The number of fused-ring (bicyclic) bond motifs is 1. The Balaban J connectivity index is 1.50. The zero-order valence-electron chi connectivity index (χ0n) is 14.5. The van der Waals surface area contributed by atoms with Crippen molar-refractivity contribution in [1.82, 2.24) is 10.2 Å². The minimum absolute atomic E-state index is 0.0323. The number of nitrogens with zero attached hydrogens (tertiary/aromatic N) is 1. The van der Waals surface area contributed by atoms with Crippen LogP contribution in [0.5, 0.6) is 0 Å². The molecule has 0 bridgehead atoms. The molecule has 1 saturated heterocycles. The van der Waals surface area contributed by atoms with Gasteiger partial charge in [0.05, 0.1) is 13.0 Å². The molecule has 2 aromatic rings. The highest BCUT2D eigenvalue weighted by Gasteiger charge is 2.24. The van der Waals surface area contributed by atoms with Crippen LogP contribution in [0.25, 0.3) is 10.8 Å². The molecule has 2 amide bonds. The van der Waals surface area contributed by atoms with Crippen LogP contribution >= 0.6 is 0 Å². The monoisotopic (exact) mass is 340 g/mol. The number of piperidine rings is 1. The Labute approximate surface area is 148 Å². The second-order valence-corrected chi connectivity index (χ2v) is 6.39. The minimum Gasteiger partial charge on any atom is -0.450 e. The summed E-state index contributed by atoms with van der Waals surface area (Å²) in [6.07, 6.45) is 1.65. The van der Waals surface area contributed by atoms with Gasteiger partial charge in [0, 0.05) is 19.1 Å². The van der Waals surface area contributed by atoms with Gasteiger partial charge in [-0.2, -0.15) is 0 Å². The molecule has 1 heterocycles. The maximum absolute atomic E-state index is 12.3. The molecule has 132 valence electrons. The van der Waals surface area contributed by atoms with E-state index in [0.717, 1.165) is 23.8 Å². The molecule has 0 atom stereocenters. The van der Waals surface area contributed by atoms with Crippen molar-refractivity contribution in [2.75, 3.05) is 19.7 Å². The summed E-state index contributed by atoms with van der Waals surface area (Å²) in [7, 11) is 0. The molecule has 0 unspecified atom stereocenters. The summed E-state index contributed by atoms with van der Waals surface area (Å²) in [4.78, 5) is 25.7. The van der Waals surface area contributed by atoms with Crippen molar-refractivity contribution in [3.8, 4) is 0 Å². The number of hydrogen-bond donors (Lipinski definition) is 1. The normalized spacial score (nSPS) is 15.2. The molecule has 0 spiro atoms. The molecule has 5 nitrogen and oxygen atoms in total. The van der Waals surface area contributed by atoms with E-state index in [1.165, 1.54) is 5.39 Å². The zero-order valence-corrected chi connectivity index (χ0v) is 14.5. The van der Waals surface area contributed by atoms with Gasteiger partial charge in [0.15, 0.2) is 0 Å². The molecule has 1 aliphatic rings. The van der Waals surface area contributed by atoms with Gasteiger partial charge in [-0.25, -0.2) is 4.79 Å². The van der Waals surface area contributed by atoms with Gasteiger partial charge < -0.3 is 15.0 Å². The average molecular weight is 340 g/mol. The van der Waals surface area contributed by atoms with Crippen molar-refractivity contribution in [3.63, 3.8) is 0 Å². The fraction of sp³-hybridized carbons (Fsp3) is 0.400. The number of benzene rings is 2. The zero-order chi connectivity index (χ0) is 17.6. The van der Waals surface area contributed by atoms with Crippen LogP contribution in [0.2, 0.25) is 0 Å². The van der Waals surface area contributed by atoms with E-state index in [-0.39, 0.29) is 18.0 Å². The lowest BCUT2D eigenvalue weighted by Crippen LogP contribution is -2.47. The second-order valence-electron chi connectivity index (χ2n) is 6.39. The number of nitrogens with one attached hydrogen (secondary N) is 1. The van der Waals surface area contributed by atoms with E-state index < -0.39 is 0 Å². The Bertz CT molecular complexity index is 751. The van der Waals surface area contributed by atoms with Crippen molar-refractivity contribution >= 4 is 22.8 Å². The first-order valence-corrected chi connectivity index (χ1v) is 8.84. The first kappa shape index (κ1) is 17.3. The molecular weight excluding hydrogens is 316 g/mol. The largest absolute Gasteiger partial charge is 0.450 e. The third-order valence-corrected chi connectivity index (χ3v) is 4.56. The molecule has 0 saturated carbocycles. The van der Waals surface area contributed by atoms with Crippen molar-refractivity contribution in [2.24, 2.45) is 0 Å². The Morgan fingerprint density at radius 3 is 2.56 bits per heavy atom. The Morgan fingerprint density at radius 1 is 1.12 bits per heavy atom. The van der Waals surface area contributed by atoms with Crippen LogP contribution in [0, 0.1) is 0 Å². The van der Waals surface area contributed by atoms with Crippen molar-refractivity contribution < 1.29 is 14.3 Å². The summed E-state index contributed by atoms with van der Waals surface area (Å²) in [6, 6.07) is 14.4. The average Bonchev–Trinajstić information content (AvgIpc) is 2.62. The second kappa shape index (κ2) is 8.01. The SMILES string of the molecule is CCOC(=O)N1CCC(NC(=O)Cc2ccc3ccccc3c2)CC1. The molecule has 2 aromatic carbocycles. The fourth-order valence-corrected chi connectivity index (χ4v) is 3.23. The molecule has 1 aliphatic heterocycles. The van der Waals surface area contributed by atoms with E-state index in [1.807, 2.05) is 18.2 Å². The lowest BCUT2D eigenvalue weighted by Gasteiger charge is -2.31. The van der Waals surface area contributed by atoms with E-state index in [0.29, 0.717) is 26.1 Å². The highest BCUT2D eigenvalue weighted by Crippen LogP contribution is 2.16. The quantitative estimate of drug-likeness (QED) is 0.930. The Kier molecular flexibility index (Phi) is 5.53. The standard InChI is InChI=1S/C20H24N2O3/c1-2-25-20(24)22-11-9-18(10-12-22)21-19(23)14-15-7-8-16-5-3-4-6-17(16)13-15/h3-8,13,18H,2,9-12,14H2,1H3,(H,21,23). The van der Waals surface area contributed by atoms with Crippen molar-refractivity contribution in [1.29, 1.82) is 0 Å². The maximum atomic E-state index is 12.3. The first-order valence-electron chi connectivity index (χ1n) is 8.84. The fourth-order valence-electron chi connectivity index (χ4n) is 3.23. The van der Waals surface area contributed by atoms with Crippen LogP contribution in [-0.2, 0) is 16.0 Å². The number of carbonyl (C=O) groups is 2. The van der Waals surface area contributed by atoms with E-state index in [4.69, 9.17) is 4.74 Å². The molecule has 3 rings (SSSR count). The number of carbonyl (C=O) groups excluding carboxylic acids is 2. The molecule has 0 aliphatic carbocycles. The van der Waals surface area contributed by atoms with Gasteiger partial charge in [-0.1, -0.05) is 42.5 Å². The summed E-state index contributed by atoms with van der Waals surface area (Å²) >= 11 is 0. The van der Waals surface area contributed by atoms with E-state index in [1.54, 1.807) is 11.8 Å². The van der Waals surface area contributed by atoms with Crippen LogP contribution in [0.3, 0.4) is 0 Å². The van der Waals surface area contributed by atoms with Crippen molar-refractivity contribution in [2.45, 2.75) is 32.2 Å². The van der Waals surface area contributed by atoms with E-state index in [2.05, 4.69) is 29.6 Å². The summed E-state index contributed by atoms with van der Waals surface area (Å²) < 4.78 is 5.01. The van der Waals surface area contributed by atoms with Crippen molar-refractivity contribution in [3.05, 3.63) is 48.0 Å². The van der Waals surface area contributed by atoms with Crippen LogP contribution in [0.1, 0.15) is 25.3 Å². The first-order chi connectivity index (χ1) is 12.2. The Hall–Kier alpha value is -2.56. The lowest BCUT2D eigenvalue weighted by atomic mass is 10.0. The number of likely N-dealkylation sites (tertiary alicyclic amines) is 1. The summed E-state index contributed by atoms with van der Waals surface area (Å²) in [5, 5.41) is 5.42. The van der Waals surface area contributed by atoms with Gasteiger partial charge in [-0.15, -0.1) is 0 Å². The van der Waals surface area contributed by atoms with Crippen LogP contribution in [0.15, 0.2) is 42.5 Å². The summed E-state index contributed by atoms with van der Waals surface area (Å²) in [5.74, 6) is 0.0323. The highest BCUT2D eigenvalue weighted by atomic mass is 16.6.